The Balaban J connectivity index is 0.000000543. The van der Waals surface area contributed by atoms with Crippen molar-refractivity contribution in [3.05, 3.63) is 165 Å². The van der Waals surface area contributed by atoms with Gasteiger partial charge in [-0.05, 0) is 86.1 Å². The summed E-state index contributed by atoms with van der Waals surface area (Å²) in [5.41, 5.74) is 11.2. The van der Waals surface area contributed by atoms with E-state index in [0.29, 0.717) is 22.3 Å². The van der Waals surface area contributed by atoms with Gasteiger partial charge in [-0.1, -0.05) is 109 Å². The Morgan fingerprint density at radius 2 is 0.534 bits per heavy atom. The van der Waals surface area contributed by atoms with Gasteiger partial charge in [0.15, 0.2) is 0 Å². The molecule has 0 fully saturated rings. The monoisotopic (exact) mass is 874 g/mol. The standard InChI is InChI=1S/2C23H22N2O2.2Cu.2H2O/c2*1-15-12-16(2)23(25-14-19-9-5-7-11-21(19)27)17(3)22(15)24-13-18-8-4-6-10-20(18)26;;;;/h2*4-14,26-27H,1-3H3;;;2*1H2/q;;2*+2;;/p-4. The number of aryl methyl sites for hydroxylation is 4. The predicted molar refractivity (Wildman–Crippen MR) is 221 cm³/mol. The number of aliphatic imine (C=N–C) groups is 4. The third-order valence-corrected chi connectivity index (χ3v) is 8.79. The number of benzene rings is 6. The van der Waals surface area contributed by atoms with E-state index in [9.17, 15) is 20.4 Å². The molecule has 0 spiro atoms. The van der Waals surface area contributed by atoms with Crippen LogP contribution in [0.4, 0.5) is 22.7 Å². The third kappa shape index (κ3) is 12.6. The van der Waals surface area contributed by atoms with Crippen LogP contribution in [0, 0.1) is 41.5 Å². The van der Waals surface area contributed by atoms with Gasteiger partial charge in [0.1, 0.15) is 0 Å². The van der Waals surface area contributed by atoms with Crippen molar-refractivity contribution in [2.75, 3.05) is 0 Å². The van der Waals surface area contributed by atoms with Crippen molar-refractivity contribution in [1.29, 1.82) is 0 Å². The molecule has 6 aromatic rings. The first-order chi connectivity index (χ1) is 25.9. The molecule has 306 valence electrons. The van der Waals surface area contributed by atoms with Crippen molar-refractivity contribution in [2.24, 2.45) is 20.0 Å². The maximum Gasteiger partial charge on any atom is 2.00 e. The van der Waals surface area contributed by atoms with Crippen molar-refractivity contribution in [3.63, 3.8) is 0 Å². The molecule has 0 unspecified atom stereocenters. The first-order valence-corrected chi connectivity index (χ1v) is 17.4. The average molecular weight is 876 g/mol. The van der Waals surface area contributed by atoms with Gasteiger partial charge in [0.05, 0.1) is 22.7 Å². The molecule has 0 aliphatic rings. The summed E-state index contributed by atoms with van der Waals surface area (Å²) in [7, 11) is 0. The van der Waals surface area contributed by atoms with Gasteiger partial charge < -0.3 is 31.4 Å². The molecule has 12 heteroatoms. The molecule has 0 amide bonds. The quantitative estimate of drug-likeness (QED) is 0.119. The Morgan fingerprint density at radius 1 is 0.345 bits per heavy atom. The van der Waals surface area contributed by atoms with E-state index in [4.69, 9.17) is 0 Å². The van der Waals surface area contributed by atoms with E-state index in [1.807, 2.05) is 77.9 Å². The smallest absolute Gasteiger partial charge is 0.872 e. The minimum absolute atomic E-state index is 0. The topological polar surface area (TPSA) is 205 Å². The molecule has 0 aromatic heterocycles. The predicted octanol–water partition coefficient (Wildman–Crippen LogP) is 6.87. The van der Waals surface area contributed by atoms with Gasteiger partial charge >= 0.3 is 34.1 Å². The summed E-state index contributed by atoms with van der Waals surface area (Å²) in [4.78, 5) is 18.2. The molecular weight excluding hydrogens is 832 g/mol. The molecule has 58 heavy (non-hydrogen) atoms. The van der Waals surface area contributed by atoms with Gasteiger partial charge in [-0.15, -0.1) is 23.0 Å². The van der Waals surface area contributed by atoms with Gasteiger partial charge in [0.25, 0.3) is 0 Å². The summed E-state index contributed by atoms with van der Waals surface area (Å²) >= 11 is 0. The fraction of sp³-hybridized carbons (Fsp3) is 0.130. The van der Waals surface area contributed by atoms with Gasteiger partial charge in [0, 0.05) is 36.0 Å². The second-order valence-electron chi connectivity index (χ2n) is 12.8. The molecule has 0 bridgehead atoms. The number of nitrogens with zero attached hydrogens (tertiary/aromatic N) is 4. The summed E-state index contributed by atoms with van der Waals surface area (Å²) in [6, 6.07) is 31.2. The van der Waals surface area contributed by atoms with Crippen LogP contribution in [0.1, 0.15) is 55.6 Å². The Labute approximate surface area is 360 Å². The van der Waals surface area contributed by atoms with Crippen LogP contribution in [0.25, 0.3) is 0 Å². The van der Waals surface area contributed by atoms with E-state index in [1.54, 1.807) is 73.4 Å². The zero-order valence-electron chi connectivity index (χ0n) is 32.7. The molecule has 0 atom stereocenters. The zero-order chi connectivity index (χ0) is 38.8. The van der Waals surface area contributed by atoms with Crippen molar-refractivity contribution in [1.82, 2.24) is 0 Å². The van der Waals surface area contributed by atoms with Gasteiger partial charge in [-0.2, -0.15) is 0 Å². The van der Waals surface area contributed by atoms with Crippen LogP contribution >= 0.6 is 0 Å². The van der Waals surface area contributed by atoms with Crippen LogP contribution in [-0.4, -0.2) is 35.8 Å². The molecule has 2 radical (unpaired) electrons. The molecular formula is C46H44Cu2N4O6. The summed E-state index contributed by atoms with van der Waals surface area (Å²) < 4.78 is 0. The fourth-order valence-electron chi connectivity index (χ4n) is 6.01. The minimum Gasteiger partial charge on any atom is -0.872 e. The summed E-state index contributed by atoms with van der Waals surface area (Å²) in [6.07, 6.45) is 6.36. The van der Waals surface area contributed by atoms with Crippen LogP contribution < -0.4 is 20.4 Å². The van der Waals surface area contributed by atoms with Gasteiger partial charge in [0.2, 0.25) is 0 Å². The molecule has 0 saturated carbocycles. The molecule has 0 heterocycles. The van der Waals surface area contributed by atoms with Crippen LogP contribution in [0.3, 0.4) is 0 Å². The first kappa shape index (κ1) is 50.2. The zero-order valence-corrected chi connectivity index (χ0v) is 34.6. The number of para-hydroxylation sites is 4. The van der Waals surface area contributed by atoms with E-state index in [1.165, 1.54) is 24.3 Å². The van der Waals surface area contributed by atoms with E-state index in [-0.39, 0.29) is 68.1 Å². The fourth-order valence-corrected chi connectivity index (χ4v) is 6.01. The summed E-state index contributed by atoms with van der Waals surface area (Å²) in [5.74, 6) is -0.245. The average Bonchev–Trinajstić information content (AvgIpc) is 3.14. The van der Waals surface area contributed by atoms with Crippen LogP contribution in [0.15, 0.2) is 129 Å². The van der Waals surface area contributed by atoms with Crippen molar-refractivity contribution >= 4 is 47.6 Å². The molecule has 6 aromatic carbocycles. The molecule has 10 nitrogen and oxygen atoms in total. The van der Waals surface area contributed by atoms with Crippen LogP contribution in [0.5, 0.6) is 23.0 Å². The number of rotatable bonds is 8. The Bertz CT molecular complexity index is 2100. The van der Waals surface area contributed by atoms with Crippen LogP contribution in [-0.2, 0) is 34.1 Å². The normalized spacial score (nSPS) is 10.7. The Hall–Kier alpha value is -5.84. The van der Waals surface area contributed by atoms with Gasteiger partial charge in [-0.25, -0.2) is 0 Å². The summed E-state index contributed by atoms with van der Waals surface area (Å²) in [5, 5.41) is 47.5. The molecule has 0 aliphatic carbocycles. The molecule has 4 N–H and O–H groups in total. The van der Waals surface area contributed by atoms with Crippen molar-refractivity contribution < 1.29 is 65.5 Å². The summed E-state index contributed by atoms with van der Waals surface area (Å²) in [6.45, 7) is 11.8. The van der Waals surface area contributed by atoms with E-state index in [2.05, 4.69) is 20.0 Å². The van der Waals surface area contributed by atoms with E-state index in [0.717, 1.165) is 56.1 Å². The molecule has 6 rings (SSSR count). The number of hydrogen-bond donors (Lipinski definition) is 0. The van der Waals surface area contributed by atoms with Crippen molar-refractivity contribution in [2.45, 2.75) is 41.5 Å². The Morgan fingerprint density at radius 3 is 0.724 bits per heavy atom. The van der Waals surface area contributed by atoms with Crippen molar-refractivity contribution in [3.8, 4) is 23.0 Å². The second kappa shape index (κ2) is 23.4. The second-order valence-corrected chi connectivity index (χ2v) is 12.8. The maximum atomic E-state index is 11.9. The molecule has 0 saturated heterocycles. The molecule has 0 aliphatic heterocycles. The number of hydrogen-bond acceptors (Lipinski definition) is 8. The third-order valence-electron chi connectivity index (χ3n) is 8.79. The Kier molecular flexibility index (Phi) is 20.2. The van der Waals surface area contributed by atoms with E-state index < -0.39 is 0 Å². The van der Waals surface area contributed by atoms with Crippen LogP contribution in [0.2, 0.25) is 0 Å². The largest absolute Gasteiger partial charge is 2.00 e. The SMILES string of the molecule is Cc1cc(C)c(N=Cc2ccccc2[O-])c(C)c1N=Cc1ccccc1[O-].Cc1cc(C)c(N=Cc2ccccc2[O-])c(C)c1N=Cc1ccccc1[O-].O.O.[Cu+2].[Cu+2]. The van der Waals surface area contributed by atoms with Gasteiger partial charge in [-0.3, -0.25) is 20.0 Å². The maximum absolute atomic E-state index is 11.9. The minimum atomic E-state index is -0.0611. The van der Waals surface area contributed by atoms with E-state index >= 15 is 0 Å². The first-order valence-electron chi connectivity index (χ1n) is 17.4.